The fourth-order valence-corrected chi connectivity index (χ4v) is 5.01. The standard InChI is InChI=1S/C38H24O/c1-3-11-25(12-4-1)27-19-21-32-34(23-27)37(26-13-5-2-6-14-26)30-16-7-8-17-31(30)38(32)28-20-22-36-33(24-28)29-15-9-10-18-35(29)39-36/h1-24H/i1D,2D,3D,4D,5D,6D,7D,8D,11D,12D,13D,14D,16D,17D,19D,21D,23D. The van der Waals surface area contributed by atoms with Gasteiger partial charge in [-0.05, 0) is 79.2 Å². The highest BCUT2D eigenvalue weighted by atomic mass is 16.3. The lowest BCUT2D eigenvalue weighted by molar-refractivity contribution is 0.669. The minimum atomic E-state index is -0.801. The second-order valence-electron chi connectivity index (χ2n) is 8.81. The molecule has 0 aliphatic carbocycles. The molecule has 8 rings (SSSR count). The molecule has 0 N–H and O–H groups in total. The van der Waals surface area contributed by atoms with Crippen molar-refractivity contribution in [2.75, 3.05) is 0 Å². The molecule has 0 fully saturated rings. The van der Waals surface area contributed by atoms with E-state index in [2.05, 4.69) is 0 Å². The summed E-state index contributed by atoms with van der Waals surface area (Å²) in [7, 11) is 0. The van der Waals surface area contributed by atoms with Gasteiger partial charge in [-0.25, -0.2) is 0 Å². The first-order valence-corrected chi connectivity index (χ1v) is 12.0. The Morgan fingerprint density at radius 1 is 0.410 bits per heavy atom. The molecule has 1 heterocycles. The van der Waals surface area contributed by atoms with Crippen molar-refractivity contribution in [2.45, 2.75) is 0 Å². The van der Waals surface area contributed by atoms with Gasteiger partial charge in [0.25, 0.3) is 0 Å². The number of fused-ring (bicyclic) bond motifs is 5. The van der Waals surface area contributed by atoms with E-state index in [4.69, 9.17) is 20.9 Å². The highest BCUT2D eigenvalue weighted by Gasteiger charge is 2.18. The number of furan rings is 1. The van der Waals surface area contributed by atoms with Crippen LogP contribution >= 0.6 is 0 Å². The fourth-order valence-electron chi connectivity index (χ4n) is 5.01. The van der Waals surface area contributed by atoms with E-state index in [1.807, 2.05) is 0 Å². The van der Waals surface area contributed by atoms with Gasteiger partial charge >= 0.3 is 0 Å². The summed E-state index contributed by atoms with van der Waals surface area (Å²) in [5.74, 6) is 0. The Hall–Kier alpha value is -5.14. The predicted molar refractivity (Wildman–Crippen MR) is 165 cm³/mol. The van der Waals surface area contributed by atoms with Crippen molar-refractivity contribution < 1.29 is 27.7 Å². The predicted octanol–water partition coefficient (Wildman–Crippen LogP) is 10.9. The highest BCUT2D eigenvalue weighted by molar-refractivity contribution is 6.22. The molecule has 0 saturated carbocycles. The van der Waals surface area contributed by atoms with Gasteiger partial charge in [0.05, 0.1) is 23.3 Å². The van der Waals surface area contributed by atoms with Crippen LogP contribution in [0.5, 0.6) is 0 Å². The summed E-state index contributed by atoms with van der Waals surface area (Å²) < 4.78 is 156. The number of hydrogen-bond acceptors (Lipinski definition) is 1. The number of rotatable bonds is 3. The molecule has 0 aliphatic heterocycles. The molecule has 1 nitrogen and oxygen atoms in total. The summed E-state index contributed by atoms with van der Waals surface area (Å²) in [6.07, 6.45) is 0. The first-order chi connectivity index (χ1) is 26.4. The quantitative estimate of drug-likeness (QED) is 0.214. The van der Waals surface area contributed by atoms with Crippen molar-refractivity contribution in [3.05, 3.63) is 145 Å². The van der Waals surface area contributed by atoms with Gasteiger partial charge in [0.2, 0.25) is 0 Å². The number of hydrogen-bond donors (Lipinski definition) is 0. The molecule has 0 amide bonds. The normalized spacial score (nSPS) is 17.7. The van der Waals surface area contributed by atoms with Gasteiger partial charge in [0, 0.05) is 10.8 Å². The lowest BCUT2D eigenvalue weighted by atomic mass is 9.84. The Bertz CT molecular complexity index is 3050. The van der Waals surface area contributed by atoms with Crippen molar-refractivity contribution in [3.8, 4) is 33.4 Å². The fraction of sp³-hybridized carbons (Fsp3) is 0. The zero-order chi connectivity index (χ0) is 40.6. The molecule has 0 bridgehead atoms. The largest absolute Gasteiger partial charge is 0.456 e. The van der Waals surface area contributed by atoms with E-state index < -0.39 is 130 Å². The van der Waals surface area contributed by atoms with Crippen LogP contribution in [0.4, 0.5) is 0 Å². The molecule has 39 heavy (non-hydrogen) atoms. The summed E-state index contributed by atoms with van der Waals surface area (Å²) in [6, 6.07) is -0.825. The van der Waals surface area contributed by atoms with Gasteiger partial charge in [-0.2, -0.15) is 0 Å². The smallest absolute Gasteiger partial charge is 0.135 e. The van der Waals surface area contributed by atoms with Crippen molar-refractivity contribution in [3.63, 3.8) is 0 Å². The Kier molecular flexibility index (Phi) is 2.44. The number of para-hydroxylation sites is 1. The zero-order valence-corrected chi connectivity index (χ0v) is 19.9. The topological polar surface area (TPSA) is 13.1 Å². The maximum absolute atomic E-state index is 9.75. The monoisotopic (exact) mass is 513 g/mol. The molecule has 0 spiro atoms. The molecule has 0 saturated heterocycles. The lowest BCUT2D eigenvalue weighted by Gasteiger charge is -2.19. The zero-order valence-electron chi connectivity index (χ0n) is 36.9. The van der Waals surface area contributed by atoms with E-state index in [-0.39, 0.29) is 27.3 Å². The summed E-state index contributed by atoms with van der Waals surface area (Å²) in [5, 5.41) is -0.0206. The van der Waals surface area contributed by atoms with Crippen molar-refractivity contribution >= 4 is 43.5 Å². The molecule has 1 heteroatoms. The molecule has 182 valence electrons. The van der Waals surface area contributed by atoms with Gasteiger partial charge in [-0.1, -0.05) is 121 Å². The van der Waals surface area contributed by atoms with Crippen LogP contribution in [0.1, 0.15) is 23.3 Å². The summed E-state index contributed by atoms with van der Waals surface area (Å²) in [4.78, 5) is 0. The van der Waals surface area contributed by atoms with Crippen molar-refractivity contribution in [1.82, 2.24) is 0 Å². The van der Waals surface area contributed by atoms with Crippen LogP contribution < -0.4 is 0 Å². The first kappa shape index (κ1) is 10.9. The van der Waals surface area contributed by atoms with Gasteiger partial charge in [0.1, 0.15) is 11.2 Å². The van der Waals surface area contributed by atoms with E-state index >= 15 is 0 Å². The number of benzene rings is 7. The SMILES string of the molecule is [2H]c1c([2H])c([2H])c(-c2c([2H])c([2H])c3c(-c4ccc5oc6ccccc6c5c4)c4c([2H])c([2H])c([2H])c([2H])c4c(-c4c([2H])c([2H])c([2H])c([2H])c4[2H])c3c2[2H])c([2H])c1[2H]. The maximum Gasteiger partial charge on any atom is 0.135 e. The van der Waals surface area contributed by atoms with E-state index in [1.165, 1.54) is 0 Å². The van der Waals surface area contributed by atoms with Gasteiger partial charge in [0.15, 0.2) is 0 Å². The van der Waals surface area contributed by atoms with E-state index in [9.17, 15) is 6.85 Å². The summed E-state index contributed by atoms with van der Waals surface area (Å²) in [6.45, 7) is 0. The average Bonchev–Trinajstić information content (AvgIpc) is 3.56. The van der Waals surface area contributed by atoms with Gasteiger partial charge in [-0.15, -0.1) is 0 Å². The maximum atomic E-state index is 9.75. The third kappa shape index (κ3) is 3.48. The molecule has 0 aliphatic rings. The highest BCUT2D eigenvalue weighted by Crippen LogP contribution is 2.45. The van der Waals surface area contributed by atoms with Crippen LogP contribution in [-0.4, -0.2) is 0 Å². The molecule has 7 aromatic carbocycles. The lowest BCUT2D eigenvalue weighted by Crippen LogP contribution is -1.91. The Labute approximate surface area is 250 Å². The minimum Gasteiger partial charge on any atom is -0.456 e. The first-order valence-electron chi connectivity index (χ1n) is 20.5. The van der Waals surface area contributed by atoms with Crippen LogP contribution in [0, 0.1) is 0 Å². The molecule has 0 radical (unpaired) electrons. The summed E-state index contributed by atoms with van der Waals surface area (Å²) in [5.41, 5.74) is -1.03. The molecular formula is C38H24O. The van der Waals surface area contributed by atoms with E-state index in [0.29, 0.717) is 21.9 Å². The molecular weight excluding hydrogens is 472 g/mol. The van der Waals surface area contributed by atoms with E-state index in [1.54, 1.807) is 42.5 Å². The Morgan fingerprint density at radius 2 is 1.03 bits per heavy atom. The molecule has 0 unspecified atom stereocenters. The summed E-state index contributed by atoms with van der Waals surface area (Å²) >= 11 is 0. The minimum absolute atomic E-state index is 0.0510. The Morgan fingerprint density at radius 3 is 1.79 bits per heavy atom. The second-order valence-corrected chi connectivity index (χ2v) is 8.81. The molecule has 1 aromatic heterocycles. The van der Waals surface area contributed by atoms with Gasteiger partial charge in [-0.3, -0.25) is 0 Å². The van der Waals surface area contributed by atoms with Crippen LogP contribution in [0.2, 0.25) is 0 Å². The third-order valence-electron chi connectivity index (χ3n) is 6.67. The molecule has 8 aromatic rings. The van der Waals surface area contributed by atoms with Gasteiger partial charge < -0.3 is 4.42 Å². The average molecular weight is 514 g/mol. The Balaban J connectivity index is 1.74. The van der Waals surface area contributed by atoms with Crippen molar-refractivity contribution in [1.29, 1.82) is 0 Å². The van der Waals surface area contributed by atoms with Crippen LogP contribution in [0.15, 0.2) is 150 Å². The second kappa shape index (κ2) is 8.72. The van der Waals surface area contributed by atoms with Crippen LogP contribution in [-0.2, 0) is 0 Å². The van der Waals surface area contributed by atoms with Crippen LogP contribution in [0.25, 0.3) is 76.9 Å². The van der Waals surface area contributed by atoms with Crippen molar-refractivity contribution in [2.24, 2.45) is 0 Å². The van der Waals surface area contributed by atoms with Crippen LogP contribution in [0.3, 0.4) is 0 Å². The third-order valence-corrected chi connectivity index (χ3v) is 6.67. The molecule has 0 atom stereocenters. The van der Waals surface area contributed by atoms with E-state index in [0.717, 1.165) is 0 Å².